The molecule has 8 heteroatoms. The molecule has 0 aromatic carbocycles. The van der Waals surface area contributed by atoms with E-state index in [1.807, 2.05) is 0 Å². The number of amides is 1. The van der Waals surface area contributed by atoms with E-state index < -0.39 is 0 Å². The average Bonchev–Trinajstić information content (AvgIpc) is 2.74. The zero-order chi connectivity index (χ0) is 12.5. The molecular formula is C9H15N3O2S3. The smallest absolute Gasteiger partial charge is 0.236 e. The Morgan fingerprint density at radius 2 is 2.35 bits per heavy atom. The molecule has 0 saturated carbocycles. The standard InChI is InChI=1S/C9H15N3O2S3/c1-2-4-16-9-11-8(17-12-9)10-7(14)6-15-5-3-13/h13H,2-6H2,1H3,(H,10,11,12,14). The minimum Gasteiger partial charge on any atom is -0.396 e. The molecule has 0 aliphatic rings. The van der Waals surface area contributed by atoms with Crippen LogP contribution in [0.15, 0.2) is 5.16 Å². The number of nitrogens with zero attached hydrogens (tertiary/aromatic N) is 2. The summed E-state index contributed by atoms with van der Waals surface area (Å²) in [7, 11) is 0. The van der Waals surface area contributed by atoms with E-state index in [-0.39, 0.29) is 12.5 Å². The van der Waals surface area contributed by atoms with Crippen molar-refractivity contribution in [2.75, 3.05) is 29.2 Å². The molecule has 1 heterocycles. The Balaban J connectivity index is 2.30. The summed E-state index contributed by atoms with van der Waals surface area (Å²) in [6.45, 7) is 2.19. The number of aromatic nitrogens is 2. The summed E-state index contributed by atoms with van der Waals surface area (Å²) in [5, 5.41) is 12.5. The number of carbonyl (C=O) groups excluding carboxylic acids is 1. The third-order valence-electron chi connectivity index (χ3n) is 1.56. The Labute approximate surface area is 113 Å². The zero-order valence-electron chi connectivity index (χ0n) is 9.51. The van der Waals surface area contributed by atoms with Crippen molar-refractivity contribution in [1.82, 2.24) is 9.36 Å². The van der Waals surface area contributed by atoms with Crippen LogP contribution in [0.2, 0.25) is 0 Å². The monoisotopic (exact) mass is 293 g/mol. The lowest BCUT2D eigenvalue weighted by Crippen LogP contribution is -2.14. The topological polar surface area (TPSA) is 75.1 Å². The summed E-state index contributed by atoms with van der Waals surface area (Å²) in [4.78, 5) is 15.6. The fourth-order valence-electron chi connectivity index (χ4n) is 0.897. The molecule has 0 aliphatic heterocycles. The van der Waals surface area contributed by atoms with Gasteiger partial charge in [0.25, 0.3) is 0 Å². The van der Waals surface area contributed by atoms with Crippen molar-refractivity contribution in [1.29, 1.82) is 0 Å². The van der Waals surface area contributed by atoms with Gasteiger partial charge in [-0.1, -0.05) is 18.7 Å². The van der Waals surface area contributed by atoms with Gasteiger partial charge in [-0.15, -0.1) is 11.8 Å². The van der Waals surface area contributed by atoms with Gasteiger partial charge in [-0.2, -0.15) is 9.36 Å². The van der Waals surface area contributed by atoms with Gasteiger partial charge in [-0.3, -0.25) is 10.1 Å². The maximum absolute atomic E-state index is 11.4. The van der Waals surface area contributed by atoms with Crippen LogP contribution < -0.4 is 5.32 Å². The SMILES string of the molecule is CCCSc1nsc(NC(=O)CSCCO)n1. The summed E-state index contributed by atoms with van der Waals surface area (Å²) in [6, 6.07) is 0. The fourth-order valence-corrected chi connectivity index (χ4v) is 2.84. The van der Waals surface area contributed by atoms with E-state index >= 15 is 0 Å². The van der Waals surface area contributed by atoms with Gasteiger partial charge >= 0.3 is 0 Å². The summed E-state index contributed by atoms with van der Waals surface area (Å²) in [5.41, 5.74) is 0. The quantitative estimate of drug-likeness (QED) is 0.561. The Hall–Kier alpha value is -0.310. The van der Waals surface area contributed by atoms with Crippen LogP contribution in [0.25, 0.3) is 0 Å². The van der Waals surface area contributed by atoms with Crippen LogP contribution in [0.1, 0.15) is 13.3 Å². The highest BCUT2D eigenvalue weighted by atomic mass is 32.2. The first-order valence-corrected chi connectivity index (χ1v) is 8.12. The number of thioether (sulfide) groups is 2. The molecule has 1 aromatic rings. The molecule has 0 aliphatic carbocycles. The molecule has 0 bridgehead atoms. The highest BCUT2D eigenvalue weighted by Gasteiger charge is 2.07. The molecule has 0 unspecified atom stereocenters. The van der Waals surface area contributed by atoms with Crippen molar-refractivity contribution in [2.45, 2.75) is 18.5 Å². The van der Waals surface area contributed by atoms with Crippen molar-refractivity contribution in [2.24, 2.45) is 0 Å². The van der Waals surface area contributed by atoms with Crippen molar-refractivity contribution in [3.63, 3.8) is 0 Å². The van der Waals surface area contributed by atoms with Crippen LogP contribution >= 0.6 is 35.1 Å². The molecule has 96 valence electrons. The lowest BCUT2D eigenvalue weighted by atomic mass is 10.6. The van der Waals surface area contributed by atoms with E-state index in [0.717, 1.165) is 17.3 Å². The first kappa shape index (κ1) is 14.7. The number of nitrogens with one attached hydrogen (secondary N) is 1. The Kier molecular flexibility index (Phi) is 7.58. The molecule has 1 aromatic heterocycles. The average molecular weight is 293 g/mol. The van der Waals surface area contributed by atoms with E-state index in [0.29, 0.717) is 16.6 Å². The molecule has 5 nitrogen and oxygen atoms in total. The predicted octanol–water partition coefficient (Wildman–Crippen LogP) is 1.70. The van der Waals surface area contributed by atoms with E-state index in [2.05, 4.69) is 21.6 Å². The maximum Gasteiger partial charge on any atom is 0.236 e. The number of hydrogen-bond donors (Lipinski definition) is 2. The van der Waals surface area contributed by atoms with Crippen LogP contribution in [0.5, 0.6) is 0 Å². The molecular weight excluding hydrogens is 278 g/mol. The van der Waals surface area contributed by atoms with Crippen LogP contribution in [0.3, 0.4) is 0 Å². The van der Waals surface area contributed by atoms with Crippen molar-refractivity contribution in [3.8, 4) is 0 Å². The second-order valence-electron chi connectivity index (χ2n) is 3.05. The molecule has 0 spiro atoms. The molecule has 0 radical (unpaired) electrons. The van der Waals surface area contributed by atoms with Crippen LogP contribution in [-0.4, -0.2) is 44.2 Å². The van der Waals surface area contributed by atoms with Crippen molar-refractivity contribution in [3.05, 3.63) is 0 Å². The van der Waals surface area contributed by atoms with Gasteiger partial charge in [0.2, 0.25) is 16.2 Å². The van der Waals surface area contributed by atoms with Gasteiger partial charge in [0.05, 0.1) is 12.4 Å². The molecule has 1 rings (SSSR count). The molecule has 0 atom stereocenters. The number of carbonyl (C=O) groups is 1. The summed E-state index contributed by atoms with van der Waals surface area (Å²) in [6.07, 6.45) is 1.07. The molecule has 1 amide bonds. The van der Waals surface area contributed by atoms with Gasteiger partial charge in [-0.05, 0) is 6.42 Å². The van der Waals surface area contributed by atoms with Gasteiger partial charge in [-0.25, -0.2) is 0 Å². The number of hydrogen-bond acceptors (Lipinski definition) is 7. The van der Waals surface area contributed by atoms with Gasteiger partial charge in [0, 0.05) is 23.0 Å². The van der Waals surface area contributed by atoms with Crippen molar-refractivity contribution < 1.29 is 9.90 Å². The minimum atomic E-state index is -0.105. The number of aliphatic hydroxyl groups is 1. The second kappa shape index (κ2) is 8.73. The second-order valence-corrected chi connectivity index (χ2v) is 5.97. The summed E-state index contributed by atoms with van der Waals surface area (Å²) >= 11 is 4.17. The van der Waals surface area contributed by atoms with Gasteiger partial charge in [0.15, 0.2) is 0 Å². The highest BCUT2D eigenvalue weighted by Crippen LogP contribution is 2.20. The fraction of sp³-hybridized carbons (Fsp3) is 0.667. The third kappa shape index (κ3) is 6.25. The van der Waals surface area contributed by atoms with E-state index in [1.165, 1.54) is 23.3 Å². The predicted molar refractivity (Wildman–Crippen MR) is 74.0 cm³/mol. The Morgan fingerprint density at radius 3 is 3.06 bits per heavy atom. The van der Waals surface area contributed by atoms with E-state index in [4.69, 9.17) is 5.11 Å². The molecule has 0 saturated heterocycles. The van der Waals surface area contributed by atoms with E-state index in [9.17, 15) is 4.79 Å². The van der Waals surface area contributed by atoms with Crippen molar-refractivity contribution >= 4 is 46.1 Å². The number of rotatable bonds is 8. The largest absolute Gasteiger partial charge is 0.396 e. The number of anilines is 1. The molecule has 2 N–H and O–H groups in total. The van der Waals surface area contributed by atoms with Gasteiger partial charge < -0.3 is 5.11 Å². The maximum atomic E-state index is 11.4. The number of aliphatic hydroxyl groups excluding tert-OH is 1. The lowest BCUT2D eigenvalue weighted by molar-refractivity contribution is -0.113. The van der Waals surface area contributed by atoms with Crippen LogP contribution in [0.4, 0.5) is 5.13 Å². The zero-order valence-corrected chi connectivity index (χ0v) is 12.0. The Bertz CT molecular complexity index is 346. The van der Waals surface area contributed by atoms with Crippen LogP contribution in [0, 0.1) is 0 Å². The third-order valence-corrected chi connectivity index (χ3v) is 4.29. The molecule has 17 heavy (non-hydrogen) atoms. The summed E-state index contributed by atoms with van der Waals surface area (Å²) in [5.74, 6) is 1.78. The normalized spacial score (nSPS) is 10.5. The van der Waals surface area contributed by atoms with Gasteiger partial charge in [0.1, 0.15) is 0 Å². The minimum absolute atomic E-state index is 0.0918. The molecule has 0 fully saturated rings. The Morgan fingerprint density at radius 1 is 1.53 bits per heavy atom. The first-order valence-electron chi connectivity index (χ1n) is 5.21. The highest BCUT2D eigenvalue weighted by molar-refractivity contribution is 8.00. The van der Waals surface area contributed by atoms with Crippen LogP contribution in [-0.2, 0) is 4.79 Å². The lowest BCUT2D eigenvalue weighted by Gasteiger charge is -1.99. The summed E-state index contributed by atoms with van der Waals surface area (Å²) < 4.78 is 4.14. The van der Waals surface area contributed by atoms with E-state index in [1.54, 1.807) is 11.8 Å². The first-order chi connectivity index (χ1) is 8.26.